The third-order valence-electron chi connectivity index (χ3n) is 18.7. The molecule has 10 amide bonds. The van der Waals surface area contributed by atoms with Crippen molar-refractivity contribution in [2.24, 2.45) is 5.73 Å². The van der Waals surface area contributed by atoms with E-state index in [1.807, 2.05) is 0 Å². The number of hydrogen-bond donors (Lipinski definition) is 10. The number of nitrogens with two attached hydrogens (primary N) is 1. The highest BCUT2D eigenvalue weighted by atomic mass is 32.1. The molecule has 0 unspecified atom stereocenters. The second kappa shape index (κ2) is 30.0. The number of ether oxygens (including phenoxy) is 2. The van der Waals surface area contributed by atoms with Crippen molar-refractivity contribution in [1.82, 2.24) is 50.7 Å². The molecule has 0 saturated carbocycles. The zero-order valence-electron chi connectivity index (χ0n) is 53.7. The van der Waals surface area contributed by atoms with Gasteiger partial charge in [-0.05, 0) is 139 Å². The summed E-state index contributed by atoms with van der Waals surface area (Å²) in [5, 5.41) is 54.9. The van der Waals surface area contributed by atoms with Gasteiger partial charge in [0, 0.05) is 93.2 Å². The number of benzene rings is 3. The second-order valence-electron chi connectivity index (χ2n) is 25.3. The van der Waals surface area contributed by atoms with Crippen LogP contribution >= 0.6 is 12.2 Å². The van der Waals surface area contributed by atoms with Gasteiger partial charge < -0.3 is 91.6 Å². The first kappa shape index (κ1) is 69.9. The smallest absolute Gasteiger partial charge is 0.340 e. The molecule has 4 saturated heterocycles. The number of carboxylic acids is 1. The minimum atomic E-state index is -1.60. The molecule has 97 heavy (non-hydrogen) atoms. The summed E-state index contributed by atoms with van der Waals surface area (Å²) in [6, 6.07) is 5.21. The van der Waals surface area contributed by atoms with Crippen LogP contribution in [0.3, 0.4) is 0 Å². The van der Waals surface area contributed by atoms with Crippen LogP contribution in [0.25, 0.3) is 0 Å². The van der Waals surface area contributed by atoms with Crippen LogP contribution in [-0.2, 0) is 63.1 Å². The Kier molecular flexibility index (Phi) is 21.6. The van der Waals surface area contributed by atoms with E-state index < -0.39 is 139 Å². The zero-order chi connectivity index (χ0) is 69.6. The van der Waals surface area contributed by atoms with Crippen molar-refractivity contribution in [2.45, 2.75) is 151 Å². The molecule has 31 heteroatoms. The largest absolute Gasteiger partial charge is 0.508 e. The van der Waals surface area contributed by atoms with Crippen molar-refractivity contribution in [3.8, 4) is 23.0 Å². The summed E-state index contributed by atoms with van der Waals surface area (Å²) >= 11 is 5.67. The molecule has 7 aliphatic rings. The van der Waals surface area contributed by atoms with Crippen molar-refractivity contribution in [3.05, 3.63) is 89.0 Å². The number of esters is 1. The molecule has 7 heterocycles. The van der Waals surface area contributed by atoms with Crippen molar-refractivity contribution in [3.63, 3.8) is 0 Å². The van der Waals surface area contributed by atoms with Crippen LogP contribution in [0.4, 0.5) is 5.69 Å². The Balaban J connectivity index is 0.838. The molecule has 0 aromatic heterocycles. The van der Waals surface area contributed by atoms with Gasteiger partial charge in [-0.1, -0.05) is 12.2 Å². The van der Waals surface area contributed by atoms with E-state index in [4.69, 9.17) is 27.4 Å². The van der Waals surface area contributed by atoms with E-state index in [2.05, 4.69) is 26.6 Å². The Bertz CT molecular complexity index is 3650. The molecule has 0 bridgehead atoms. The van der Waals surface area contributed by atoms with Crippen LogP contribution in [-0.4, -0.2) is 233 Å². The van der Waals surface area contributed by atoms with Gasteiger partial charge in [-0.25, -0.2) is 4.79 Å². The van der Waals surface area contributed by atoms with Gasteiger partial charge in [-0.3, -0.25) is 52.7 Å². The summed E-state index contributed by atoms with van der Waals surface area (Å²) in [4.78, 5) is 174. The number of nitrogens with zero attached hydrogens (tertiary/aromatic N) is 6. The molecule has 11 N–H and O–H groups in total. The minimum Gasteiger partial charge on any atom is -0.508 e. The van der Waals surface area contributed by atoms with Crippen LogP contribution in [0.2, 0.25) is 0 Å². The molecule has 1 spiro atoms. The minimum absolute atomic E-state index is 0.0268. The highest BCUT2D eigenvalue weighted by Crippen LogP contribution is 2.57. The Labute approximate surface area is 563 Å². The maximum atomic E-state index is 15.0. The van der Waals surface area contributed by atoms with Gasteiger partial charge in [-0.15, -0.1) is 0 Å². The lowest BCUT2D eigenvalue weighted by atomic mass is 9.77. The lowest BCUT2D eigenvalue weighted by Crippen LogP contribution is -2.60. The number of aliphatic hydroxyl groups excluding tert-OH is 1. The molecule has 3 aromatic rings. The lowest BCUT2D eigenvalue weighted by Gasteiger charge is -2.36. The molecule has 4 fully saturated rings. The maximum absolute atomic E-state index is 15.0. The van der Waals surface area contributed by atoms with Crippen LogP contribution in [0.1, 0.15) is 124 Å². The molecule has 10 rings (SSSR count). The van der Waals surface area contributed by atoms with E-state index in [0.717, 1.165) is 4.90 Å². The number of carbonyl (C=O) groups is 12. The molecule has 8 atom stereocenters. The summed E-state index contributed by atoms with van der Waals surface area (Å²) in [6.07, 6.45) is 3.73. The number of aromatic hydroxyl groups is 2. The fourth-order valence-corrected chi connectivity index (χ4v) is 14.1. The number of carbonyl (C=O) groups excluding carboxylic acids is 11. The first-order valence-electron chi connectivity index (χ1n) is 32.6. The number of nitrogens with one attached hydrogen (secondary N) is 5. The van der Waals surface area contributed by atoms with Gasteiger partial charge >= 0.3 is 11.9 Å². The number of fused-ring (bicyclic) bond motifs is 9. The van der Waals surface area contributed by atoms with Crippen molar-refractivity contribution < 1.29 is 87.4 Å². The van der Waals surface area contributed by atoms with E-state index in [9.17, 15) is 78.0 Å². The summed E-state index contributed by atoms with van der Waals surface area (Å²) in [5.74, 6) is -8.72. The van der Waals surface area contributed by atoms with Crippen LogP contribution < -0.4 is 37.1 Å². The fraction of sp³-hybridized carbons (Fsp3) is 0.500. The highest BCUT2D eigenvalue weighted by Gasteiger charge is 2.54. The maximum Gasteiger partial charge on any atom is 0.340 e. The molecule has 3 aromatic carbocycles. The van der Waals surface area contributed by atoms with Crippen molar-refractivity contribution in [1.29, 1.82) is 0 Å². The SMILES string of the molecule is C[C@@H]1NC(=O)[C@H]([C@@H](C)O)NC(=O)[C@@H]2CCCN2C(=O)CN(C(=O)[C@@H]2CCCN2C(=O)CCCCNC(=S)Nc2ccc3c(c2)C2(OC3=O)c3ccc(O)cc3Oc3cc(O)ccc32)C/C=C\CN(CC(=O)N[C@@H](CCC(=O)O)C(N)=O)C(=O)[C@@H]2CCCN2C(=O)[C@@H]2CCCN2C1=O. The monoisotopic (exact) mass is 1360 g/mol. The standard InChI is InChI=1S/C66H80N12O18S/c1-36-60(90)77-29-10-14-49(77)63(93)78-30-9-13-48(78)62(92)73(34-52(82)71-45(57(67)87)22-23-55(85)86)25-5-6-26-74(35-54(84)75-27-7-11-46(75)58(88)72-56(37(2)79)59(89)69-36)61(91)47-12-8-28-76(47)53(83)15-3-4-24-68-65(97)70-38-16-19-41-44(31-38)66(96-64(41)94)42-20-17-39(80)32-50(42)95-51-33-40(81)18-21-43(51)66/h5-6,16-21,31-33,36-37,45-49,56,79-81H,3-4,7-15,22-30,34-35H2,1-2H3,(H2,67,87)(H,69,89)(H,71,82)(H,72,88)(H,85,86)(H2,68,70,97)/b6-5-/t36-,37+,45-,46-,47-,48-,49-,56-/m0/s1. The number of amides is 10. The van der Waals surface area contributed by atoms with Gasteiger partial charge in [0.1, 0.15) is 71.8 Å². The predicted octanol–water partition coefficient (Wildman–Crippen LogP) is 0.519. The lowest BCUT2D eigenvalue weighted by molar-refractivity contribution is -0.150. The first-order valence-corrected chi connectivity index (χ1v) is 33.0. The second-order valence-corrected chi connectivity index (χ2v) is 25.7. The van der Waals surface area contributed by atoms with Crippen LogP contribution in [0.5, 0.6) is 23.0 Å². The number of unbranched alkanes of at least 4 members (excludes halogenated alkanes) is 1. The number of rotatable bonds is 15. The van der Waals surface area contributed by atoms with E-state index in [-0.39, 0.29) is 117 Å². The Hall–Kier alpha value is -9.91. The predicted molar refractivity (Wildman–Crippen MR) is 347 cm³/mol. The number of aliphatic carboxylic acids is 1. The number of anilines is 1. The van der Waals surface area contributed by atoms with E-state index in [0.29, 0.717) is 67.4 Å². The number of thiocarbonyl (C=S) groups is 1. The quantitative estimate of drug-likeness (QED) is 0.0429. The average Bonchev–Trinajstić information content (AvgIpc) is 1.69. The van der Waals surface area contributed by atoms with Crippen LogP contribution in [0.15, 0.2) is 66.7 Å². The molecule has 0 aliphatic carbocycles. The molecule has 30 nitrogen and oxygen atoms in total. The van der Waals surface area contributed by atoms with Crippen molar-refractivity contribution >= 4 is 94.0 Å². The Morgan fingerprint density at radius 3 is 2.02 bits per heavy atom. The summed E-state index contributed by atoms with van der Waals surface area (Å²) in [5.41, 5.74) is 6.14. The molecular formula is C66H80N12O18S. The average molecular weight is 1360 g/mol. The number of aliphatic hydroxyl groups is 1. The van der Waals surface area contributed by atoms with Crippen molar-refractivity contribution in [2.75, 3.05) is 64.2 Å². The molecular weight excluding hydrogens is 1280 g/mol. The topological polar surface area (TPSA) is 410 Å². The van der Waals surface area contributed by atoms with E-state index in [1.165, 1.54) is 74.8 Å². The van der Waals surface area contributed by atoms with E-state index >= 15 is 0 Å². The summed E-state index contributed by atoms with van der Waals surface area (Å²) in [6.45, 7) is 1.55. The molecule has 7 aliphatic heterocycles. The first-order chi connectivity index (χ1) is 46.3. The van der Waals surface area contributed by atoms with Gasteiger partial charge in [0.25, 0.3) is 0 Å². The van der Waals surface area contributed by atoms with E-state index in [1.54, 1.807) is 30.3 Å². The Morgan fingerprint density at radius 1 is 0.732 bits per heavy atom. The number of primary amides is 1. The van der Waals surface area contributed by atoms with Gasteiger partial charge in [0.05, 0.1) is 18.2 Å². The van der Waals surface area contributed by atoms with Gasteiger partial charge in [0.2, 0.25) is 59.1 Å². The number of hydrogen-bond acceptors (Lipinski definition) is 18. The van der Waals surface area contributed by atoms with Gasteiger partial charge in [-0.2, -0.15) is 0 Å². The normalized spacial score (nSPS) is 23.7. The number of phenols is 2. The molecule has 0 radical (unpaired) electrons. The Morgan fingerprint density at radius 2 is 1.36 bits per heavy atom. The number of carboxylic acid groups (broad SMARTS) is 1. The third-order valence-corrected chi connectivity index (χ3v) is 19.0. The third kappa shape index (κ3) is 15.2. The molecule has 518 valence electrons. The number of likely N-dealkylation sites (tertiary alicyclic amines) is 1. The van der Waals surface area contributed by atoms with Crippen LogP contribution in [0, 0.1) is 0 Å². The summed E-state index contributed by atoms with van der Waals surface area (Å²) in [7, 11) is 0. The zero-order valence-corrected chi connectivity index (χ0v) is 54.5. The fourth-order valence-electron chi connectivity index (χ4n) is 13.9. The number of phenolic OH excluding ortho intramolecular Hbond substituents is 2. The summed E-state index contributed by atoms with van der Waals surface area (Å²) < 4.78 is 12.3. The van der Waals surface area contributed by atoms with Gasteiger partial charge in [0.15, 0.2) is 10.7 Å². The highest BCUT2D eigenvalue weighted by molar-refractivity contribution is 7.80.